The van der Waals surface area contributed by atoms with Crippen LogP contribution in [0.15, 0.2) is 97.1 Å². The molecule has 1 heterocycles. The number of amides is 2. The van der Waals surface area contributed by atoms with E-state index >= 15 is 0 Å². The van der Waals surface area contributed by atoms with Crippen LogP contribution in [0.4, 0.5) is 5.69 Å². The van der Waals surface area contributed by atoms with E-state index in [1.54, 1.807) is 22.8 Å². The molecule has 8 heteroatoms. The van der Waals surface area contributed by atoms with Crippen LogP contribution in [-0.2, 0) is 22.7 Å². The van der Waals surface area contributed by atoms with E-state index < -0.39 is 6.04 Å². The van der Waals surface area contributed by atoms with Crippen molar-refractivity contribution >= 4 is 28.5 Å². The minimum Gasteiger partial charge on any atom is -0.497 e. The third-order valence-corrected chi connectivity index (χ3v) is 6.82. The molecule has 0 saturated carbocycles. The van der Waals surface area contributed by atoms with E-state index in [1.807, 2.05) is 105 Å². The van der Waals surface area contributed by atoms with Crippen LogP contribution < -0.4 is 15.0 Å². The smallest absolute Gasteiger partial charge is 0.249 e. The van der Waals surface area contributed by atoms with Crippen molar-refractivity contribution in [1.29, 1.82) is 0 Å². The molecule has 8 nitrogen and oxygen atoms in total. The maximum absolute atomic E-state index is 14.3. The Morgan fingerprint density at radius 1 is 0.925 bits per heavy atom. The van der Waals surface area contributed by atoms with E-state index in [0.29, 0.717) is 29.1 Å². The summed E-state index contributed by atoms with van der Waals surface area (Å²) in [5.74, 6) is -0.0177. The van der Waals surface area contributed by atoms with Crippen LogP contribution in [-0.4, -0.2) is 33.9 Å². The van der Waals surface area contributed by atoms with Crippen molar-refractivity contribution in [2.45, 2.75) is 33.0 Å². The van der Waals surface area contributed by atoms with Crippen molar-refractivity contribution < 1.29 is 14.3 Å². The molecular weight excluding hydrogens is 502 g/mol. The molecule has 0 bridgehead atoms. The van der Waals surface area contributed by atoms with Gasteiger partial charge in [0.1, 0.15) is 23.9 Å². The Morgan fingerprint density at radius 3 is 2.50 bits per heavy atom. The minimum absolute atomic E-state index is 0.0969. The summed E-state index contributed by atoms with van der Waals surface area (Å²) in [5, 5.41) is 11.5. The number of anilines is 1. The van der Waals surface area contributed by atoms with Gasteiger partial charge in [-0.1, -0.05) is 71.9 Å². The quantitative estimate of drug-likeness (QED) is 0.283. The Bertz CT molecular complexity index is 1650. The second-order valence-electron chi connectivity index (χ2n) is 9.67. The second-order valence-corrected chi connectivity index (χ2v) is 9.67. The SMILES string of the molecule is COc1cccc(C(C(=O)NCc2ccccc2)N(C(=O)Cn2nnc3ccccc32)c2cc(C)ccc2C)c1. The number of carbonyl (C=O) groups excluding carboxylic acids is 2. The summed E-state index contributed by atoms with van der Waals surface area (Å²) in [6, 6.07) is 29.3. The average Bonchev–Trinajstić information content (AvgIpc) is 3.39. The molecule has 4 aromatic carbocycles. The number of para-hydroxylation sites is 1. The van der Waals surface area contributed by atoms with Gasteiger partial charge in [-0.2, -0.15) is 0 Å². The molecule has 0 saturated heterocycles. The van der Waals surface area contributed by atoms with Gasteiger partial charge in [0.15, 0.2) is 0 Å². The van der Waals surface area contributed by atoms with Gasteiger partial charge in [0.05, 0.1) is 12.6 Å². The molecule has 40 heavy (non-hydrogen) atoms. The zero-order chi connectivity index (χ0) is 28.1. The van der Waals surface area contributed by atoms with E-state index in [2.05, 4.69) is 15.6 Å². The molecule has 0 aliphatic rings. The fourth-order valence-corrected chi connectivity index (χ4v) is 4.75. The van der Waals surface area contributed by atoms with Crippen molar-refractivity contribution in [3.05, 3.63) is 119 Å². The number of methoxy groups -OCH3 is 1. The number of aryl methyl sites for hydroxylation is 2. The zero-order valence-corrected chi connectivity index (χ0v) is 22.7. The predicted octanol–water partition coefficient (Wildman–Crippen LogP) is 5.15. The summed E-state index contributed by atoms with van der Waals surface area (Å²) in [5.41, 5.74) is 5.50. The van der Waals surface area contributed by atoms with E-state index in [9.17, 15) is 9.59 Å². The van der Waals surface area contributed by atoms with Crippen molar-refractivity contribution in [2.24, 2.45) is 0 Å². The summed E-state index contributed by atoms with van der Waals surface area (Å²) >= 11 is 0. The Labute approximate surface area is 233 Å². The first kappa shape index (κ1) is 26.6. The number of benzene rings is 4. The first-order valence-corrected chi connectivity index (χ1v) is 13.1. The fourth-order valence-electron chi connectivity index (χ4n) is 4.75. The van der Waals surface area contributed by atoms with Crippen LogP contribution >= 0.6 is 0 Å². The number of nitrogens with zero attached hydrogens (tertiary/aromatic N) is 4. The number of carbonyl (C=O) groups is 2. The molecular formula is C32H31N5O3. The largest absolute Gasteiger partial charge is 0.497 e. The van der Waals surface area contributed by atoms with Crippen molar-refractivity contribution in [3.63, 3.8) is 0 Å². The number of fused-ring (bicyclic) bond motifs is 1. The molecule has 0 aliphatic heterocycles. The summed E-state index contributed by atoms with van der Waals surface area (Å²) in [6.07, 6.45) is 0. The lowest BCUT2D eigenvalue weighted by molar-refractivity contribution is -0.127. The molecule has 2 amide bonds. The molecule has 0 spiro atoms. The van der Waals surface area contributed by atoms with E-state index in [-0.39, 0.29) is 18.4 Å². The molecule has 5 rings (SSSR count). The number of aromatic nitrogens is 3. The summed E-state index contributed by atoms with van der Waals surface area (Å²) in [6.45, 7) is 4.12. The number of nitrogens with one attached hydrogen (secondary N) is 1. The Kier molecular flexibility index (Phi) is 7.87. The first-order chi connectivity index (χ1) is 19.4. The molecule has 1 atom stereocenters. The predicted molar refractivity (Wildman–Crippen MR) is 155 cm³/mol. The molecule has 1 N–H and O–H groups in total. The lowest BCUT2D eigenvalue weighted by Gasteiger charge is -2.33. The zero-order valence-electron chi connectivity index (χ0n) is 22.7. The maximum Gasteiger partial charge on any atom is 0.249 e. The highest BCUT2D eigenvalue weighted by molar-refractivity contribution is 6.02. The Hall–Kier alpha value is -4.98. The standard InChI is InChI=1S/C32H31N5O3/c1-22-16-17-23(2)29(18-22)37(30(38)21-36-28-15-8-7-14-27(28)34-35-36)31(25-12-9-13-26(19-25)40-3)32(39)33-20-24-10-5-4-6-11-24/h4-19,31H,20-21H2,1-3H3,(H,33,39). The van der Waals surface area contributed by atoms with Gasteiger partial charge in [-0.25, -0.2) is 4.68 Å². The van der Waals surface area contributed by atoms with Crippen LogP contribution in [0.1, 0.15) is 28.3 Å². The monoisotopic (exact) mass is 533 g/mol. The highest BCUT2D eigenvalue weighted by Crippen LogP contribution is 2.33. The van der Waals surface area contributed by atoms with E-state index in [1.165, 1.54) is 0 Å². The normalized spacial score (nSPS) is 11.7. The van der Waals surface area contributed by atoms with Gasteiger partial charge in [0, 0.05) is 12.2 Å². The Balaban J connectivity index is 1.60. The van der Waals surface area contributed by atoms with Crippen LogP contribution in [0.2, 0.25) is 0 Å². The average molecular weight is 534 g/mol. The van der Waals surface area contributed by atoms with Gasteiger partial charge >= 0.3 is 0 Å². The fraction of sp³-hybridized carbons (Fsp3) is 0.188. The molecule has 1 aromatic heterocycles. The maximum atomic E-state index is 14.3. The minimum atomic E-state index is -0.971. The highest BCUT2D eigenvalue weighted by Gasteiger charge is 2.34. The first-order valence-electron chi connectivity index (χ1n) is 13.1. The van der Waals surface area contributed by atoms with Gasteiger partial charge in [-0.15, -0.1) is 5.10 Å². The lowest BCUT2D eigenvalue weighted by Crippen LogP contribution is -2.45. The van der Waals surface area contributed by atoms with Crippen molar-refractivity contribution in [3.8, 4) is 5.75 Å². The number of ether oxygens (including phenoxy) is 1. The van der Waals surface area contributed by atoms with Crippen molar-refractivity contribution in [1.82, 2.24) is 20.3 Å². The molecule has 0 fully saturated rings. The van der Waals surface area contributed by atoms with Crippen LogP contribution in [0.25, 0.3) is 11.0 Å². The van der Waals surface area contributed by atoms with Crippen molar-refractivity contribution in [2.75, 3.05) is 12.0 Å². The van der Waals surface area contributed by atoms with Gasteiger partial charge < -0.3 is 10.1 Å². The summed E-state index contributed by atoms with van der Waals surface area (Å²) < 4.78 is 7.05. The lowest BCUT2D eigenvalue weighted by atomic mass is 10.0. The number of hydrogen-bond acceptors (Lipinski definition) is 5. The molecule has 1 unspecified atom stereocenters. The third kappa shape index (κ3) is 5.71. The van der Waals surface area contributed by atoms with Gasteiger partial charge in [-0.3, -0.25) is 14.5 Å². The second kappa shape index (κ2) is 11.8. The highest BCUT2D eigenvalue weighted by atomic mass is 16.5. The van der Waals surface area contributed by atoms with Gasteiger partial charge in [0.2, 0.25) is 11.8 Å². The van der Waals surface area contributed by atoms with Gasteiger partial charge in [0.25, 0.3) is 0 Å². The number of rotatable bonds is 9. The molecule has 0 radical (unpaired) electrons. The van der Waals surface area contributed by atoms with E-state index in [0.717, 1.165) is 22.2 Å². The molecule has 0 aliphatic carbocycles. The van der Waals surface area contributed by atoms with Crippen LogP contribution in [0, 0.1) is 13.8 Å². The Morgan fingerprint density at radius 2 is 1.70 bits per heavy atom. The summed E-state index contributed by atoms with van der Waals surface area (Å²) in [4.78, 5) is 29.9. The topological polar surface area (TPSA) is 89.4 Å². The van der Waals surface area contributed by atoms with E-state index in [4.69, 9.17) is 4.74 Å². The summed E-state index contributed by atoms with van der Waals surface area (Å²) in [7, 11) is 1.58. The molecule has 5 aromatic rings. The van der Waals surface area contributed by atoms with Crippen LogP contribution in [0.3, 0.4) is 0 Å². The molecule has 202 valence electrons. The number of hydrogen-bond donors (Lipinski definition) is 1. The van der Waals surface area contributed by atoms with Crippen LogP contribution in [0.5, 0.6) is 5.75 Å². The third-order valence-electron chi connectivity index (χ3n) is 6.82. The van der Waals surface area contributed by atoms with Gasteiger partial charge in [-0.05, 0) is 66.4 Å².